The third-order valence-corrected chi connectivity index (χ3v) is 22.0. The molecule has 0 aliphatic carbocycles. The first-order valence-corrected chi connectivity index (χ1v) is 38.4. The zero-order chi connectivity index (χ0) is 72.1. The number of anilines is 9. The van der Waals surface area contributed by atoms with Crippen LogP contribution in [0.3, 0.4) is 0 Å². The molecule has 6 aromatic heterocycles. The highest BCUT2D eigenvalue weighted by Gasteiger charge is 2.35. The van der Waals surface area contributed by atoms with Crippen LogP contribution in [-0.4, -0.2) is 218 Å². The minimum atomic E-state index is 0.0329. The lowest BCUT2D eigenvalue weighted by Gasteiger charge is -2.40. The molecule has 3 amide bonds. The number of nitrogens with zero attached hydrogens (tertiary/aromatic N) is 11. The van der Waals surface area contributed by atoms with Crippen LogP contribution in [0.5, 0.6) is 17.2 Å². The van der Waals surface area contributed by atoms with Crippen molar-refractivity contribution in [1.29, 1.82) is 0 Å². The number of amides is 3. The number of morpholine rings is 1. The molecule has 8 aliphatic rings. The Bertz CT molecular complexity index is 4640. The molecule has 14 heterocycles. The van der Waals surface area contributed by atoms with E-state index in [4.69, 9.17) is 47.1 Å². The Morgan fingerprint density at radius 3 is 1.29 bits per heavy atom. The second-order valence-corrected chi connectivity index (χ2v) is 28.8. The number of ether oxygens (including phenoxy) is 4. The van der Waals surface area contributed by atoms with Gasteiger partial charge in [-0.2, -0.15) is 29.9 Å². The molecule has 29 heteroatoms. The maximum atomic E-state index is 13.6. The molecule has 3 aromatic carbocycles. The summed E-state index contributed by atoms with van der Waals surface area (Å²) in [5, 5.41) is 23.3. The predicted molar refractivity (Wildman–Crippen MR) is 411 cm³/mol. The number of aromatic amines is 3. The van der Waals surface area contributed by atoms with Crippen molar-refractivity contribution in [2.45, 2.75) is 123 Å². The quantitative estimate of drug-likeness (QED) is 0.0409. The maximum Gasteiger partial charge on any atom is 0.254 e. The minimum absolute atomic E-state index is 0.0329. The lowest BCUT2D eigenvalue weighted by atomic mass is 9.98. The van der Waals surface area contributed by atoms with E-state index in [0.29, 0.717) is 145 Å². The number of likely N-dealkylation sites (tertiary alicyclic amines) is 4. The molecule has 17 rings (SSSR count). The highest BCUT2D eigenvalue weighted by Crippen LogP contribution is 2.43. The van der Waals surface area contributed by atoms with Crippen molar-refractivity contribution in [3.8, 4) is 17.2 Å². The van der Waals surface area contributed by atoms with Gasteiger partial charge in [0.2, 0.25) is 17.8 Å². The molecule has 105 heavy (non-hydrogen) atoms. The van der Waals surface area contributed by atoms with E-state index in [1.54, 1.807) is 19.4 Å². The van der Waals surface area contributed by atoms with E-state index in [1.807, 2.05) is 71.1 Å². The molecule has 0 radical (unpaired) electrons. The number of aryl methyl sites for hydroxylation is 1. The van der Waals surface area contributed by atoms with Gasteiger partial charge in [0, 0.05) is 143 Å². The van der Waals surface area contributed by atoms with Gasteiger partial charge in [0.1, 0.15) is 51.6 Å². The second kappa shape index (κ2) is 32.1. The fraction of sp³-hybridized carbons (Fsp3) is 0.487. The summed E-state index contributed by atoms with van der Waals surface area (Å²) in [5.74, 6) is 5.80. The number of benzene rings is 3. The van der Waals surface area contributed by atoms with Crippen LogP contribution in [-0.2, 0) is 24.0 Å². The van der Waals surface area contributed by atoms with E-state index >= 15 is 0 Å². The summed E-state index contributed by atoms with van der Waals surface area (Å²) in [6.45, 7) is 19.9. The summed E-state index contributed by atoms with van der Waals surface area (Å²) in [6.07, 6.45) is 20.6. The highest BCUT2D eigenvalue weighted by atomic mass is 35.5. The highest BCUT2D eigenvalue weighted by molar-refractivity contribution is 6.37. The van der Waals surface area contributed by atoms with Crippen molar-refractivity contribution >= 4 is 126 Å². The van der Waals surface area contributed by atoms with Crippen LogP contribution in [0.15, 0.2) is 55.0 Å². The zero-order valence-corrected chi connectivity index (χ0v) is 61.8. The van der Waals surface area contributed by atoms with Crippen molar-refractivity contribution in [1.82, 2.24) is 69.4 Å². The average Bonchev–Trinajstić information content (AvgIpc) is 1.72. The average molecular weight is 1470 g/mol. The van der Waals surface area contributed by atoms with E-state index in [1.165, 1.54) is 64.7 Å². The Labute approximate surface area is 620 Å². The molecule has 0 spiro atoms. The van der Waals surface area contributed by atoms with E-state index in [-0.39, 0.29) is 17.7 Å². The van der Waals surface area contributed by atoms with Gasteiger partial charge in [-0.3, -0.25) is 14.4 Å². The Balaban J connectivity index is 0.000000127. The number of nitrogens with one attached hydrogen (secondary N) is 9. The van der Waals surface area contributed by atoms with Gasteiger partial charge in [0.25, 0.3) is 17.7 Å². The Morgan fingerprint density at radius 1 is 0.476 bits per heavy atom. The molecule has 0 atom stereocenters. The molecule has 0 bridgehead atoms. The summed E-state index contributed by atoms with van der Waals surface area (Å²) in [7, 11) is 1.80. The number of piperidine rings is 4. The Hall–Kier alpha value is -9.41. The summed E-state index contributed by atoms with van der Waals surface area (Å²) >= 11 is 12.6. The second-order valence-electron chi connectivity index (χ2n) is 28.0. The Morgan fingerprint density at radius 2 is 0.867 bits per heavy atom. The van der Waals surface area contributed by atoms with Gasteiger partial charge < -0.3 is 90.3 Å². The predicted octanol–water partition coefficient (Wildman–Crippen LogP) is 12.5. The van der Waals surface area contributed by atoms with Gasteiger partial charge in [0.15, 0.2) is 0 Å². The first kappa shape index (κ1) is 71.2. The molecule has 0 saturated carbocycles. The number of aromatic nitrogens is 9. The van der Waals surface area contributed by atoms with Crippen molar-refractivity contribution in [2.24, 2.45) is 0 Å². The maximum absolute atomic E-state index is 13.6. The van der Waals surface area contributed by atoms with Crippen LogP contribution in [0.2, 0.25) is 10.0 Å². The van der Waals surface area contributed by atoms with Crippen molar-refractivity contribution < 1.29 is 33.3 Å². The van der Waals surface area contributed by atoms with E-state index < -0.39 is 0 Å². The summed E-state index contributed by atoms with van der Waals surface area (Å²) in [5.41, 5.74) is 10.5. The number of carbonyl (C=O) groups is 3. The van der Waals surface area contributed by atoms with Crippen LogP contribution >= 0.6 is 23.2 Å². The third kappa shape index (κ3) is 15.1. The van der Waals surface area contributed by atoms with Gasteiger partial charge in [0.05, 0.1) is 76.3 Å². The van der Waals surface area contributed by atoms with Gasteiger partial charge >= 0.3 is 0 Å². The van der Waals surface area contributed by atoms with Crippen LogP contribution in [0.4, 0.5) is 52.4 Å². The third-order valence-electron chi connectivity index (χ3n) is 21.4. The molecule has 5 fully saturated rings. The number of hydrogen-bond donors (Lipinski definition) is 9. The zero-order valence-electron chi connectivity index (χ0n) is 60.3. The number of rotatable bonds is 17. The molecule has 554 valence electrons. The normalized spacial score (nSPS) is 17.7. The smallest absolute Gasteiger partial charge is 0.254 e. The van der Waals surface area contributed by atoms with Crippen molar-refractivity contribution in [3.05, 3.63) is 104 Å². The van der Waals surface area contributed by atoms with Gasteiger partial charge in [-0.25, -0.2) is 0 Å². The molecule has 9 N–H and O–H groups in total. The van der Waals surface area contributed by atoms with Gasteiger partial charge in [-0.05, 0) is 140 Å². The van der Waals surface area contributed by atoms with Crippen molar-refractivity contribution in [2.75, 3.05) is 151 Å². The first-order chi connectivity index (χ1) is 51.4. The number of fused-ring (bicyclic) bond motifs is 6. The largest absolute Gasteiger partial charge is 0.491 e. The molecular formula is C76H94Cl2N20O7. The number of carbonyl (C=O) groups excluding carboxylic acids is 3. The van der Waals surface area contributed by atoms with Crippen molar-refractivity contribution in [3.63, 3.8) is 0 Å². The van der Waals surface area contributed by atoms with Crippen LogP contribution in [0.1, 0.15) is 138 Å². The number of H-pyrrole nitrogens is 3. The van der Waals surface area contributed by atoms with Crippen LogP contribution in [0.25, 0.3) is 33.1 Å². The first-order valence-electron chi connectivity index (χ1n) is 37.6. The van der Waals surface area contributed by atoms with E-state index in [0.717, 1.165) is 155 Å². The molecule has 5 saturated heterocycles. The fourth-order valence-electron chi connectivity index (χ4n) is 16.1. The standard InChI is InChI=1S/C28H36ClN7O2.C26H32ClN7O2.C22H26N6O3/c1-2-11-30-25-23-21(29)17-31-26(23)34-28(33-25)32-22-7-6-20(19-10-16-38-24(19)22)27(37)36-14-8-18(9-15-36)35-12-4-3-5-13-35;1-28-23-21-19(27)15-29-24(21)32-26(31-23)30-20-6-5-18(17-9-14-36-22(17)20)25(35)34-12-7-16(8-13-34)33-10-3-2-4-11-33;1-3-23-19-17-13(2)12-24-20(17)27-22(26-19)25-16-5-4-15(14-6-9-31-18(14)16)21(29)28-7-10-30-11-8-28/h6-7,17-18H,2-5,8-16H2,1H3,(H3,30,31,32,33,34);5-6,15-16H,2-4,7-14H2,1H3,(H3,28,29,30,31,32);4-5,12H,3,6-11H2,1-2H3,(H3,23,24,25,26,27). The fourth-order valence-corrected chi connectivity index (χ4v) is 16.5. The molecule has 8 aliphatic heterocycles. The Kier molecular flexibility index (Phi) is 21.8. The molecule has 0 unspecified atom stereocenters. The van der Waals surface area contributed by atoms with Crippen LogP contribution < -0.4 is 46.1 Å². The van der Waals surface area contributed by atoms with E-state index in [2.05, 4.69) is 88.5 Å². The minimum Gasteiger partial charge on any atom is -0.491 e. The monoisotopic (exact) mass is 1470 g/mol. The lowest BCUT2D eigenvalue weighted by Crippen LogP contribution is -2.48. The topological polar surface area (TPSA) is 301 Å². The van der Waals surface area contributed by atoms with Crippen LogP contribution in [0, 0.1) is 6.92 Å². The summed E-state index contributed by atoms with van der Waals surface area (Å²) in [6, 6.07) is 12.6. The van der Waals surface area contributed by atoms with Gasteiger partial charge in [-0.15, -0.1) is 0 Å². The summed E-state index contributed by atoms with van der Waals surface area (Å²) < 4.78 is 23.3. The summed E-state index contributed by atoms with van der Waals surface area (Å²) in [4.78, 5) is 88.5. The van der Waals surface area contributed by atoms with E-state index in [9.17, 15) is 14.4 Å². The lowest BCUT2D eigenvalue weighted by molar-refractivity contribution is 0.0302. The molecule has 9 aromatic rings. The SMILES string of the molecule is CCCNc1nc(Nc2ccc(C(=O)N3CCC(N4CCCCC4)CC3)c3c2OCC3)nc2[nH]cc(Cl)c12.CCNc1nc(Nc2ccc(C(=O)N3CCOCC3)c3c2OCC3)nc2[nH]cc(C)c12.CNc1nc(Nc2ccc(C(=O)N3CCC(N4CCCCC4)CC3)c3c2OCC3)nc2[nH]cc(Cl)c12. The molecule has 27 nitrogen and oxygen atoms in total. The van der Waals surface area contributed by atoms with Gasteiger partial charge in [-0.1, -0.05) is 43.0 Å². The number of hydrogen-bond acceptors (Lipinski definition) is 21. The molecular weight excluding hydrogens is 1380 g/mol. The number of halogens is 2.